The fourth-order valence-corrected chi connectivity index (χ4v) is 3.06. The summed E-state index contributed by atoms with van der Waals surface area (Å²) < 4.78 is 6.61. The second-order valence-corrected chi connectivity index (χ2v) is 5.66. The molecule has 0 saturated heterocycles. The van der Waals surface area contributed by atoms with E-state index in [2.05, 4.69) is 0 Å². The predicted molar refractivity (Wildman–Crippen MR) is 77.0 cm³/mol. The first-order chi connectivity index (χ1) is 9.66. The van der Waals surface area contributed by atoms with Gasteiger partial charge in [0.2, 0.25) is 0 Å². The van der Waals surface area contributed by atoms with E-state index in [1.54, 1.807) is 19.2 Å². The molecule has 1 aliphatic carbocycles. The lowest BCUT2D eigenvalue weighted by atomic mass is 9.91. The van der Waals surface area contributed by atoms with Gasteiger partial charge >= 0.3 is 5.76 Å². The van der Waals surface area contributed by atoms with Gasteiger partial charge in [-0.15, -0.1) is 0 Å². The van der Waals surface area contributed by atoms with Crippen molar-refractivity contribution in [3.05, 3.63) is 34.3 Å². The minimum atomic E-state index is -0.390. The van der Waals surface area contributed by atoms with Gasteiger partial charge in [0.15, 0.2) is 11.4 Å². The number of aromatic nitrogens is 1. The molecule has 0 atom stereocenters. The number of ketones is 1. The molecule has 2 aromatic rings. The number of fused-ring (bicyclic) bond motifs is 1. The number of hydrogen-bond donors (Lipinski definition) is 0. The Morgan fingerprint density at radius 2 is 1.90 bits per heavy atom. The van der Waals surface area contributed by atoms with E-state index in [-0.39, 0.29) is 17.5 Å². The van der Waals surface area contributed by atoms with Gasteiger partial charge in [-0.3, -0.25) is 9.36 Å². The maximum Gasteiger partial charge on any atom is 0.419 e. The van der Waals surface area contributed by atoms with Crippen molar-refractivity contribution < 1.29 is 9.21 Å². The van der Waals surface area contributed by atoms with Crippen LogP contribution in [0.2, 0.25) is 0 Å². The Bertz CT molecular complexity index is 687. The van der Waals surface area contributed by atoms with Gasteiger partial charge in [0, 0.05) is 18.5 Å². The molecule has 0 spiro atoms. The van der Waals surface area contributed by atoms with E-state index in [1.165, 1.54) is 17.4 Å². The summed E-state index contributed by atoms with van der Waals surface area (Å²) in [6.45, 7) is 0. The van der Waals surface area contributed by atoms with Crippen LogP contribution in [0.25, 0.3) is 11.1 Å². The Hall–Kier alpha value is -1.84. The minimum Gasteiger partial charge on any atom is -0.408 e. The first-order valence-corrected chi connectivity index (χ1v) is 7.30. The van der Waals surface area contributed by atoms with Crippen LogP contribution in [-0.4, -0.2) is 10.4 Å². The molecule has 0 unspecified atom stereocenters. The van der Waals surface area contributed by atoms with E-state index < -0.39 is 0 Å². The van der Waals surface area contributed by atoms with Crippen LogP contribution in [0.5, 0.6) is 0 Å². The van der Waals surface area contributed by atoms with Gasteiger partial charge in [-0.25, -0.2) is 4.79 Å². The van der Waals surface area contributed by atoms with Gasteiger partial charge < -0.3 is 4.42 Å². The van der Waals surface area contributed by atoms with Crippen molar-refractivity contribution in [2.75, 3.05) is 0 Å². The van der Waals surface area contributed by atoms with Crippen LogP contribution in [0.3, 0.4) is 0 Å². The van der Waals surface area contributed by atoms with Crippen molar-refractivity contribution in [3.63, 3.8) is 0 Å². The van der Waals surface area contributed by atoms with Crippen LogP contribution in [0.4, 0.5) is 0 Å². The maximum atomic E-state index is 12.6. The Balaban J connectivity index is 1.93. The quantitative estimate of drug-likeness (QED) is 0.623. The third-order valence-corrected chi connectivity index (χ3v) is 4.30. The number of aryl methyl sites for hydroxylation is 1. The molecule has 4 heteroatoms. The lowest BCUT2D eigenvalue weighted by molar-refractivity contribution is 0.0908. The summed E-state index contributed by atoms with van der Waals surface area (Å²) in [7, 11) is 1.67. The maximum absolute atomic E-state index is 12.6. The van der Waals surface area contributed by atoms with Gasteiger partial charge in [-0.1, -0.05) is 25.7 Å². The van der Waals surface area contributed by atoms with Gasteiger partial charge in [0.1, 0.15) is 0 Å². The molecule has 106 valence electrons. The highest BCUT2D eigenvalue weighted by atomic mass is 16.4. The molecule has 3 rings (SSSR count). The number of hydrogen-bond acceptors (Lipinski definition) is 3. The molecular weight excluding hydrogens is 254 g/mol. The van der Waals surface area contributed by atoms with Gasteiger partial charge in [0.25, 0.3) is 0 Å². The van der Waals surface area contributed by atoms with Crippen molar-refractivity contribution in [1.82, 2.24) is 4.57 Å². The van der Waals surface area contributed by atoms with Crippen LogP contribution in [0, 0.1) is 5.92 Å². The molecule has 0 N–H and O–H groups in total. The smallest absolute Gasteiger partial charge is 0.408 e. The Morgan fingerprint density at radius 3 is 2.60 bits per heavy atom. The molecule has 1 heterocycles. The van der Waals surface area contributed by atoms with Crippen molar-refractivity contribution in [1.29, 1.82) is 0 Å². The summed E-state index contributed by atoms with van der Waals surface area (Å²) in [6, 6.07) is 5.32. The summed E-state index contributed by atoms with van der Waals surface area (Å²) >= 11 is 0. The molecule has 0 amide bonds. The van der Waals surface area contributed by atoms with E-state index in [9.17, 15) is 9.59 Å². The van der Waals surface area contributed by atoms with Crippen molar-refractivity contribution in [3.8, 4) is 0 Å². The minimum absolute atomic E-state index is 0.130. The number of Topliss-reactive ketones (excluding diaryl/α,β-unsaturated/α-hetero) is 1. The number of nitrogens with zero attached hydrogens (tertiary/aromatic N) is 1. The standard InChI is InChI=1S/C16H19NO3/c1-17-13-9-8-12(10-14(13)20-16(17)19)15(18)11-6-4-2-3-5-7-11/h8-11H,2-7H2,1H3. The molecular formula is C16H19NO3. The first kappa shape index (κ1) is 13.2. The fourth-order valence-electron chi connectivity index (χ4n) is 3.06. The molecule has 1 fully saturated rings. The van der Waals surface area contributed by atoms with E-state index in [4.69, 9.17) is 4.42 Å². The topological polar surface area (TPSA) is 52.2 Å². The summed E-state index contributed by atoms with van der Waals surface area (Å²) in [5.41, 5.74) is 1.89. The van der Waals surface area contributed by atoms with E-state index in [0.717, 1.165) is 31.2 Å². The van der Waals surface area contributed by atoms with Gasteiger partial charge in [0.05, 0.1) is 5.52 Å². The van der Waals surface area contributed by atoms with Gasteiger partial charge in [-0.2, -0.15) is 0 Å². The highest BCUT2D eigenvalue weighted by Gasteiger charge is 2.22. The zero-order chi connectivity index (χ0) is 14.1. The van der Waals surface area contributed by atoms with E-state index in [1.807, 2.05) is 6.07 Å². The monoisotopic (exact) mass is 273 g/mol. The normalized spacial score (nSPS) is 17.2. The predicted octanol–water partition coefficient (Wildman–Crippen LogP) is 3.28. The molecule has 0 radical (unpaired) electrons. The first-order valence-electron chi connectivity index (χ1n) is 7.30. The van der Waals surface area contributed by atoms with Crippen molar-refractivity contribution in [2.45, 2.75) is 38.5 Å². The SMILES string of the molecule is Cn1c(=O)oc2cc(C(=O)C3CCCCCC3)ccc21. The molecule has 1 aromatic carbocycles. The second kappa shape index (κ2) is 5.27. The Kier molecular flexibility index (Phi) is 3.47. The lowest BCUT2D eigenvalue weighted by Gasteiger charge is -2.12. The summed E-state index contributed by atoms with van der Waals surface area (Å²) in [5.74, 6) is -0.0650. The third kappa shape index (κ3) is 2.30. The summed E-state index contributed by atoms with van der Waals surface area (Å²) in [6.07, 6.45) is 6.70. The third-order valence-electron chi connectivity index (χ3n) is 4.30. The summed E-state index contributed by atoms with van der Waals surface area (Å²) in [5, 5.41) is 0. The van der Waals surface area contributed by atoms with Crippen LogP contribution < -0.4 is 5.76 Å². The zero-order valence-electron chi connectivity index (χ0n) is 11.7. The molecule has 0 bridgehead atoms. The molecule has 1 aliphatic rings. The van der Waals surface area contributed by atoms with Crippen LogP contribution in [0.1, 0.15) is 48.9 Å². The van der Waals surface area contributed by atoms with E-state index in [0.29, 0.717) is 11.1 Å². The molecule has 0 aliphatic heterocycles. The second-order valence-electron chi connectivity index (χ2n) is 5.66. The van der Waals surface area contributed by atoms with E-state index >= 15 is 0 Å². The molecule has 1 saturated carbocycles. The number of carbonyl (C=O) groups is 1. The van der Waals surface area contributed by atoms with Crippen molar-refractivity contribution in [2.24, 2.45) is 13.0 Å². The molecule has 4 nitrogen and oxygen atoms in total. The van der Waals surface area contributed by atoms with Crippen molar-refractivity contribution >= 4 is 16.9 Å². The number of carbonyl (C=O) groups excluding carboxylic acids is 1. The largest absolute Gasteiger partial charge is 0.419 e. The fraction of sp³-hybridized carbons (Fsp3) is 0.500. The molecule has 1 aromatic heterocycles. The van der Waals surface area contributed by atoms with Crippen LogP contribution in [-0.2, 0) is 7.05 Å². The Labute approximate surface area is 117 Å². The van der Waals surface area contributed by atoms with Crippen LogP contribution >= 0.6 is 0 Å². The molecule has 20 heavy (non-hydrogen) atoms. The average molecular weight is 273 g/mol. The van der Waals surface area contributed by atoms with Gasteiger partial charge in [-0.05, 0) is 31.0 Å². The number of benzene rings is 1. The summed E-state index contributed by atoms with van der Waals surface area (Å²) in [4.78, 5) is 24.0. The lowest BCUT2D eigenvalue weighted by Crippen LogP contribution is -2.14. The number of rotatable bonds is 2. The van der Waals surface area contributed by atoms with Crippen LogP contribution in [0.15, 0.2) is 27.4 Å². The highest BCUT2D eigenvalue weighted by molar-refractivity contribution is 6.00. The average Bonchev–Trinajstić information content (AvgIpc) is 2.65. The highest BCUT2D eigenvalue weighted by Crippen LogP contribution is 2.27. The number of oxazole rings is 1. The Morgan fingerprint density at radius 1 is 1.20 bits per heavy atom. The zero-order valence-corrected chi connectivity index (χ0v) is 11.7.